The van der Waals surface area contributed by atoms with Crippen molar-refractivity contribution in [2.75, 3.05) is 13.2 Å². The van der Waals surface area contributed by atoms with Gasteiger partial charge in [0.05, 0.1) is 29.0 Å². The number of fused-ring (bicyclic) bond motifs is 1. The molecule has 0 atom stereocenters. The first-order chi connectivity index (χ1) is 12.6. The summed E-state index contributed by atoms with van der Waals surface area (Å²) >= 11 is 0. The maximum Gasteiger partial charge on any atom is 0.241 e. The quantitative estimate of drug-likeness (QED) is 0.708. The van der Waals surface area contributed by atoms with E-state index < -0.39 is 10.0 Å². The van der Waals surface area contributed by atoms with Crippen molar-refractivity contribution >= 4 is 10.0 Å². The number of sulfonamides is 1. The third-order valence-corrected chi connectivity index (χ3v) is 5.13. The van der Waals surface area contributed by atoms with Gasteiger partial charge < -0.3 is 9.47 Å². The normalized spacial score (nSPS) is 13.5. The molecular weight excluding hydrogens is 358 g/mol. The number of aromatic nitrogens is 4. The van der Waals surface area contributed by atoms with Gasteiger partial charge in [-0.1, -0.05) is 5.21 Å². The van der Waals surface area contributed by atoms with E-state index in [0.29, 0.717) is 30.4 Å². The molecule has 3 heterocycles. The Labute approximate surface area is 149 Å². The zero-order chi connectivity index (χ0) is 18.0. The van der Waals surface area contributed by atoms with Crippen molar-refractivity contribution in [2.45, 2.75) is 11.4 Å². The first kappa shape index (κ1) is 16.5. The Hall–Kier alpha value is -2.98. The van der Waals surface area contributed by atoms with Gasteiger partial charge in [-0.3, -0.25) is 4.98 Å². The van der Waals surface area contributed by atoms with Crippen LogP contribution in [0.5, 0.6) is 11.5 Å². The second kappa shape index (κ2) is 6.73. The molecule has 10 heteroatoms. The number of hydrogen-bond donors (Lipinski definition) is 1. The molecule has 0 fully saturated rings. The zero-order valence-corrected chi connectivity index (χ0v) is 14.4. The van der Waals surface area contributed by atoms with E-state index in [1.807, 2.05) is 0 Å². The predicted molar refractivity (Wildman–Crippen MR) is 90.6 cm³/mol. The van der Waals surface area contributed by atoms with Gasteiger partial charge in [-0.05, 0) is 24.3 Å². The summed E-state index contributed by atoms with van der Waals surface area (Å²) in [6.45, 7) is 0.856. The van der Waals surface area contributed by atoms with Crippen molar-refractivity contribution in [1.82, 2.24) is 24.7 Å². The fraction of sp³-hybridized carbons (Fsp3) is 0.188. The molecule has 1 N–H and O–H groups in total. The molecule has 0 unspecified atom stereocenters. The smallest absolute Gasteiger partial charge is 0.241 e. The SMILES string of the molecule is O=S(=O)(NCc1cn(-c2ccncc2)nn1)c1ccc2c(c1)OCCO2. The van der Waals surface area contributed by atoms with Crippen LogP contribution in [0.1, 0.15) is 5.69 Å². The molecule has 0 spiro atoms. The van der Waals surface area contributed by atoms with Crippen molar-refractivity contribution in [2.24, 2.45) is 0 Å². The van der Waals surface area contributed by atoms with E-state index >= 15 is 0 Å². The fourth-order valence-corrected chi connectivity index (χ4v) is 3.46. The summed E-state index contributed by atoms with van der Waals surface area (Å²) in [6, 6.07) is 8.06. The van der Waals surface area contributed by atoms with Gasteiger partial charge in [0.2, 0.25) is 10.0 Å². The Morgan fingerprint density at radius 2 is 1.85 bits per heavy atom. The lowest BCUT2D eigenvalue weighted by atomic mass is 10.3. The first-order valence-corrected chi connectivity index (χ1v) is 9.31. The number of rotatable bonds is 5. The van der Waals surface area contributed by atoms with Crippen LogP contribution in [0.25, 0.3) is 5.69 Å². The second-order valence-electron chi connectivity index (χ2n) is 5.49. The van der Waals surface area contributed by atoms with Crippen LogP contribution in [0, 0.1) is 0 Å². The summed E-state index contributed by atoms with van der Waals surface area (Å²) in [5.74, 6) is 0.957. The Morgan fingerprint density at radius 1 is 1.08 bits per heavy atom. The van der Waals surface area contributed by atoms with Crippen LogP contribution in [0.15, 0.2) is 53.8 Å². The molecule has 0 saturated carbocycles. The molecule has 2 aromatic heterocycles. The van der Waals surface area contributed by atoms with Crippen molar-refractivity contribution < 1.29 is 17.9 Å². The summed E-state index contributed by atoms with van der Waals surface area (Å²) in [5.41, 5.74) is 1.27. The van der Waals surface area contributed by atoms with E-state index in [1.165, 1.54) is 12.1 Å². The van der Waals surface area contributed by atoms with E-state index in [2.05, 4.69) is 20.0 Å². The topological polar surface area (TPSA) is 108 Å². The van der Waals surface area contributed by atoms with Crippen LogP contribution in [0.3, 0.4) is 0 Å². The summed E-state index contributed by atoms with van der Waals surface area (Å²) in [4.78, 5) is 4.04. The first-order valence-electron chi connectivity index (χ1n) is 7.83. The predicted octanol–water partition coefficient (Wildman–Crippen LogP) is 0.912. The van der Waals surface area contributed by atoms with Gasteiger partial charge in [0.15, 0.2) is 11.5 Å². The highest BCUT2D eigenvalue weighted by molar-refractivity contribution is 7.89. The van der Waals surface area contributed by atoms with Crippen LogP contribution >= 0.6 is 0 Å². The van der Waals surface area contributed by atoms with Gasteiger partial charge in [-0.25, -0.2) is 17.8 Å². The van der Waals surface area contributed by atoms with Crippen LogP contribution in [-0.4, -0.2) is 41.6 Å². The van der Waals surface area contributed by atoms with E-state index in [-0.39, 0.29) is 11.4 Å². The third kappa shape index (κ3) is 3.37. The molecular formula is C16H15N5O4S. The third-order valence-electron chi connectivity index (χ3n) is 3.74. The van der Waals surface area contributed by atoms with Crippen molar-refractivity contribution in [3.8, 4) is 17.2 Å². The van der Waals surface area contributed by atoms with Crippen molar-refractivity contribution in [3.63, 3.8) is 0 Å². The highest BCUT2D eigenvalue weighted by Crippen LogP contribution is 2.32. The summed E-state index contributed by atoms with van der Waals surface area (Å²) in [6.07, 6.45) is 4.93. The van der Waals surface area contributed by atoms with Gasteiger partial charge in [-0.2, -0.15) is 0 Å². The lowest BCUT2D eigenvalue weighted by molar-refractivity contribution is 0.171. The molecule has 4 rings (SSSR count). The lowest BCUT2D eigenvalue weighted by Crippen LogP contribution is -2.24. The van der Waals surface area contributed by atoms with Gasteiger partial charge in [0, 0.05) is 18.5 Å². The molecule has 1 aliphatic heterocycles. The molecule has 0 aliphatic carbocycles. The molecule has 134 valence electrons. The Morgan fingerprint density at radius 3 is 2.65 bits per heavy atom. The van der Waals surface area contributed by atoms with Gasteiger partial charge in [0.1, 0.15) is 13.2 Å². The number of pyridine rings is 1. The standard InChI is InChI=1S/C16H15N5O4S/c22-26(23,14-1-2-15-16(9-14)25-8-7-24-15)18-10-12-11-21(20-19-12)13-3-5-17-6-4-13/h1-6,9,11,18H,7-8,10H2. The minimum absolute atomic E-state index is 0.0157. The van der Waals surface area contributed by atoms with E-state index in [0.717, 1.165) is 5.69 Å². The zero-order valence-electron chi connectivity index (χ0n) is 13.6. The van der Waals surface area contributed by atoms with Gasteiger partial charge in [0.25, 0.3) is 0 Å². The monoisotopic (exact) mass is 373 g/mol. The molecule has 1 aliphatic rings. The summed E-state index contributed by atoms with van der Waals surface area (Å²) in [5, 5.41) is 7.97. The van der Waals surface area contributed by atoms with Crippen LogP contribution in [0.2, 0.25) is 0 Å². The Balaban J connectivity index is 1.48. The average molecular weight is 373 g/mol. The van der Waals surface area contributed by atoms with Crippen molar-refractivity contribution in [3.05, 3.63) is 54.6 Å². The van der Waals surface area contributed by atoms with E-state index in [4.69, 9.17) is 9.47 Å². The van der Waals surface area contributed by atoms with E-state index in [1.54, 1.807) is 41.5 Å². The van der Waals surface area contributed by atoms with Gasteiger partial charge in [-0.15, -0.1) is 5.10 Å². The summed E-state index contributed by atoms with van der Waals surface area (Å²) in [7, 11) is -3.72. The second-order valence-corrected chi connectivity index (χ2v) is 7.26. The Bertz CT molecular complexity index is 1020. The molecule has 0 bridgehead atoms. The maximum absolute atomic E-state index is 12.5. The fourth-order valence-electron chi connectivity index (χ4n) is 2.45. The highest BCUT2D eigenvalue weighted by atomic mass is 32.2. The largest absolute Gasteiger partial charge is 0.486 e. The number of nitrogens with zero attached hydrogens (tertiary/aromatic N) is 4. The van der Waals surface area contributed by atoms with Gasteiger partial charge >= 0.3 is 0 Å². The average Bonchev–Trinajstić information content (AvgIpc) is 3.16. The molecule has 1 aromatic carbocycles. The molecule has 26 heavy (non-hydrogen) atoms. The minimum atomic E-state index is -3.72. The number of ether oxygens (including phenoxy) is 2. The minimum Gasteiger partial charge on any atom is -0.486 e. The molecule has 0 saturated heterocycles. The van der Waals surface area contributed by atoms with Crippen LogP contribution in [0.4, 0.5) is 0 Å². The molecule has 9 nitrogen and oxygen atoms in total. The van der Waals surface area contributed by atoms with Crippen LogP contribution in [-0.2, 0) is 16.6 Å². The summed E-state index contributed by atoms with van der Waals surface area (Å²) < 4.78 is 39.9. The highest BCUT2D eigenvalue weighted by Gasteiger charge is 2.19. The number of benzene rings is 1. The molecule has 0 amide bonds. The molecule has 3 aromatic rings. The number of nitrogens with one attached hydrogen (secondary N) is 1. The Kier molecular flexibility index (Phi) is 4.27. The number of hydrogen-bond acceptors (Lipinski definition) is 7. The van der Waals surface area contributed by atoms with Crippen LogP contribution < -0.4 is 14.2 Å². The maximum atomic E-state index is 12.5. The van der Waals surface area contributed by atoms with Crippen molar-refractivity contribution in [1.29, 1.82) is 0 Å². The van der Waals surface area contributed by atoms with E-state index in [9.17, 15) is 8.42 Å². The lowest BCUT2D eigenvalue weighted by Gasteiger charge is -2.18. The molecule has 0 radical (unpaired) electrons.